The first-order valence-corrected chi connectivity index (χ1v) is 14.9. The Hall–Kier alpha value is -2.50. The lowest BCUT2D eigenvalue weighted by Gasteiger charge is -2.36. The molecule has 0 unspecified atom stereocenters. The van der Waals surface area contributed by atoms with Gasteiger partial charge in [-0.15, -0.1) is 0 Å². The van der Waals surface area contributed by atoms with Crippen LogP contribution in [0.5, 0.6) is 5.75 Å². The molecule has 1 fully saturated rings. The normalized spacial score (nSPS) is 18.5. The Morgan fingerprint density at radius 2 is 1.82 bits per heavy atom. The molecular formula is C32H41Cl2N3O2. The van der Waals surface area contributed by atoms with Crippen LogP contribution in [-0.2, 0) is 11.2 Å². The summed E-state index contributed by atoms with van der Waals surface area (Å²) < 4.78 is 5.83. The second-order valence-corrected chi connectivity index (χ2v) is 12.7. The molecule has 0 aliphatic heterocycles. The summed E-state index contributed by atoms with van der Waals surface area (Å²) >= 11 is 12.5. The van der Waals surface area contributed by atoms with Gasteiger partial charge in [-0.25, -0.2) is 4.98 Å². The van der Waals surface area contributed by atoms with E-state index >= 15 is 0 Å². The van der Waals surface area contributed by atoms with Crippen LogP contribution in [0.25, 0.3) is 11.3 Å². The summed E-state index contributed by atoms with van der Waals surface area (Å²) in [6.07, 6.45) is 8.61. The largest absolute Gasteiger partial charge is 0.494 e. The molecule has 0 spiro atoms. The molecular weight excluding hydrogens is 529 g/mol. The molecule has 2 aromatic carbocycles. The fraction of sp³-hybridized carbons (Fsp3) is 0.500. The first-order chi connectivity index (χ1) is 18.6. The second-order valence-electron chi connectivity index (χ2n) is 11.8. The minimum atomic E-state index is -0.301. The van der Waals surface area contributed by atoms with E-state index in [0.29, 0.717) is 34.8 Å². The maximum absolute atomic E-state index is 13.5. The number of carbonyl (C=O) groups is 1. The lowest BCUT2D eigenvalue weighted by molar-refractivity contribution is -0.127. The number of unbranched alkanes of at least 4 members (excludes halogenated alkanes) is 1. The highest BCUT2D eigenvalue weighted by Gasteiger charge is 2.33. The molecule has 0 radical (unpaired) electrons. The minimum absolute atomic E-state index is 0.0283. The number of aromatic amines is 1. The van der Waals surface area contributed by atoms with E-state index < -0.39 is 0 Å². The standard InChI is InChI=1S/C32H41Cl2N3O2/c1-5-6-17-39-25-14-7-21(8-15-25)18-28(37-31(38)22-9-11-23(12-10-22)32(2,3)4)30-35-20-29(36-30)26-16-13-24(33)19-27(26)34/h7-8,13-16,19-20,22-23,28H,5-6,9-12,17-18H2,1-4H3,(H,35,36)(H,37,38)/t22?,23?,28-/m0/s1. The zero-order chi connectivity index (χ0) is 28.0. The quantitative estimate of drug-likeness (QED) is 0.239. The molecule has 39 heavy (non-hydrogen) atoms. The van der Waals surface area contributed by atoms with Crippen molar-refractivity contribution in [3.63, 3.8) is 0 Å². The summed E-state index contributed by atoms with van der Waals surface area (Å²) in [6, 6.07) is 13.2. The SMILES string of the molecule is CCCCOc1ccc(C[C@H](NC(=O)C2CCC(C(C)(C)C)CC2)c2nc(-c3ccc(Cl)cc3Cl)c[nH]2)cc1. The van der Waals surface area contributed by atoms with Gasteiger partial charge in [0.1, 0.15) is 11.6 Å². The zero-order valence-corrected chi connectivity index (χ0v) is 25.0. The molecule has 1 aliphatic rings. The molecule has 4 rings (SSSR count). The van der Waals surface area contributed by atoms with Gasteiger partial charge in [-0.3, -0.25) is 4.79 Å². The van der Waals surface area contributed by atoms with E-state index in [-0.39, 0.29) is 23.3 Å². The fourth-order valence-corrected chi connectivity index (χ4v) is 5.87. The number of H-pyrrole nitrogens is 1. The number of rotatable bonds is 10. The van der Waals surface area contributed by atoms with Gasteiger partial charge in [0.05, 0.1) is 23.4 Å². The number of benzene rings is 2. The van der Waals surface area contributed by atoms with Crippen molar-refractivity contribution < 1.29 is 9.53 Å². The summed E-state index contributed by atoms with van der Waals surface area (Å²) in [7, 11) is 0. The molecule has 0 saturated heterocycles. The number of halogens is 2. The van der Waals surface area contributed by atoms with Gasteiger partial charge < -0.3 is 15.0 Å². The van der Waals surface area contributed by atoms with Gasteiger partial charge in [-0.05, 0) is 85.8 Å². The van der Waals surface area contributed by atoms with E-state index in [1.807, 2.05) is 24.4 Å². The van der Waals surface area contributed by atoms with Gasteiger partial charge in [0.25, 0.3) is 0 Å². The lowest BCUT2D eigenvalue weighted by atomic mass is 9.69. The van der Waals surface area contributed by atoms with Crippen LogP contribution in [0.4, 0.5) is 0 Å². The predicted molar refractivity (Wildman–Crippen MR) is 160 cm³/mol. The molecule has 2 N–H and O–H groups in total. The van der Waals surface area contributed by atoms with E-state index in [9.17, 15) is 4.79 Å². The summed E-state index contributed by atoms with van der Waals surface area (Å²) in [5.41, 5.74) is 2.89. The highest BCUT2D eigenvalue weighted by molar-refractivity contribution is 6.36. The summed E-state index contributed by atoms with van der Waals surface area (Å²) in [6.45, 7) is 9.77. The Morgan fingerprint density at radius 3 is 2.46 bits per heavy atom. The maximum Gasteiger partial charge on any atom is 0.223 e. The molecule has 1 heterocycles. The molecule has 1 aromatic heterocycles. The Balaban J connectivity index is 1.51. The van der Waals surface area contributed by atoms with Gasteiger partial charge in [0.15, 0.2) is 0 Å². The van der Waals surface area contributed by atoms with E-state index in [4.69, 9.17) is 32.9 Å². The molecule has 5 nitrogen and oxygen atoms in total. The van der Waals surface area contributed by atoms with Crippen LogP contribution in [0.1, 0.15) is 83.6 Å². The Bertz CT molecular complexity index is 1220. The molecule has 3 aromatic rings. The molecule has 1 aliphatic carbocycles. The highest BCUT2D eigenvalue weighted by Crippen LogP contribution is 2.40. The third-order valence-electron chi connectivity index (χ3n) is 7.90. The summed E-state index contributed by atoms with van der Waals surface area (Å²) in [4.78, 5) is 21.6. The van der Waals surface area contributed by atoms with Crippen molar-refractivity contribution in [2.45, 2.75) is 78.7 Å². The second kappa shape index (κ2) is 13.2. The molecule has 7 heteroatoms. The number of ether oxygens (including phenoxy) is 1. The van der Waals surface area contributed by atoms with Crippen molar-refractivity contribution in [1.82, 2.24) is 15.3 Å². The maximum atomic E-state index is 13.5. The van der Waals surface area contributed by atoms with Crippen LogP contribution in [0.15, 0.2) is 48.7 Å². The van der Waals surface area contributed by atoms with Crippen molar-refractivity contribution in [2.24, 2.45) is 17.3 Å². The molecule has 0 bridgehead atoms. The van der Waals surface area contributed by atoms with Crippen LogP contribution in [0.3, 0.4) is 0 Å². The number of hydrogen-bond acceptors (Lipinski definition) is 3. The van der Waals surface area contributed by atoms with Crippen molar-refractivity contribution in [3.8, 4) is 17.0 Å². The van der Waals surface area contributed by atoms with Crippen LogP contribution in [0.2, 0.25) is 10.0 Å². The first-order valence-electron chi connectivity index (χ1n) is 14.2. The van der Waals surface area contributed by atoms with E-state index in [1.165, 1.54) is 0 Å². The van der Waals surface area contributed by atoms with Crippen LogP contribution in [0, 0.1) is 17.3 Å². The van der Waals surface area contributed by atoms with Crippen molar-refractivity contribution >= 4 is 29.1 Å². The third-order valence-corrected chi connectivity index (χ3v) is 8.45. The summed E-state index contributed by atoms with van der Waals surface area (Å²) in [5, 5.41) is 4.45. The fourth-order valence-electron chi connectivity index (χ4n) is 5.37. The Kier molecular flexibility index (Phi) is 10.0. The average molecular weight is 571 g/mol. The average Bonchev–Trinajstić information content (AvgIpc) is 3.39. The summed E-state index contributed by atoms with van der Waals surface area (Å²) in [5.74, 6) is 2.36. The Morgan fingerprint density at radius 1 is 1.10 bits per heavy atom. The van der Waals surface area contributed by atoms with Crippen molar-refractivity contribution in [2.75, 3.05) is 6.61 Å². The third kappa shape index (κ3) is 8.02. The number of nitrogens with zero attached hydrogens (tertiary/aromatic N) is 1. The highest BCUT2D eigenvalue weighted by atomic mass is 35.5. The zero-order valence-electron chi connectivity index (χ0n) is 23.5. The van der Waals surface area contributed by atoms with Crippen LogP contribution >= 0.6 is 23.2 Å². The number of carbonyl (C=O) groups excluding carboxylic acids is 1. The number of hydrogen-bond donors (Lipinski definition) is 2. The van der Waals surface area contributed by atoms with Gasteiger partial charge in [0, 0.05) is 22.7 Å². The van der Waals surface area contributed by atoms with E-state index in [0.717, 1.165) is 61.1 Å². The lowest BCUT2D eigenvalue weighted by Crippen LogP contribution is -2.38. The van der Waals surface area contributed by atoms with Crippen LogP contribution in [-0.4, -0.2) is 22.5 Å². The molecule has 1 amide bonds. The predicted octanol–water partition coefficient (Wildman–Crippen LogP) is 8.81. The van der Waals surface area contributed by atoms with Gasteiger partial charge in [0.2, 0.25) is 5.91 Å². The Labute approximate surface area is 243 Å². The monoisotopic (exact) mass is 569 g/mol. The minimum Gasteiger partial charge on any atom is -0.494 e. The molecule has 1 saturated carbocycles. The van der Waals surface area contributed by atoms with Crippen LogP contribution < -0.4 is 10.1 Å². The number of amides is 1. The van der Waals surface area contributed by atoms with E-state index in [1.54, 1.807) is 12.1 Å². The number of imidazole rings is 1. The first kappa shape index (κ1) is 29.5. The number of aromatic nitrogens is 2. The van der Waals surface area contributed by atoms with Crippen molar-refractivity contribution in [1.29, 1.82) is 0 Å². The van der Waals surface area contributed by atoms with Gasteiger partial charge in [-0.1, -0.05) is 69.5 Å². The topological polar surface area (TPSA) is 67.0 Å². The number of nitrogens with one attached hydrogen (secondary N) is 2. The van der Waals surface area contributed by atoms with Gasteiger partial charge >= 0.3 is 0 Å². The smallest absolute Gasteiger partial charge is 0.223 e. The van der Waals surface area contributed by atoms with Gasteiger partial charge in [-0.2, -0.15) is 0 Å². The van der Waals surface area contributed by atoms with Crippen molar-refractivity contribution in [3.05, 3.63) is 70.1 Å². The molecule has 210 valence electrons. The molecule has 1 atom stereocenters. The van der Waals surface area contributed by atoms with E-state index in [2.05, 4.69) is 50.1 Å².